The van der Waals surface area contributed by atoms with E-state index in [-0.39, 0.29) is 6.61 Å². The summed E-state index contributed by atoms with van der Waals surface area (Å²) in [6.45, 7) is 0.749. The number of hydrogen-bond acceptors (Lipinski definition) is 4. The maximum Gasteiger partial charge on any atom is 0.404 e. The lowest BCUT2D eigenvalue weighted by atomic mass is 9.92. The van der Waals surface area contributed by atoms with E-state index in [1.54, 1.807) is 0 Å². The monoisotopic (exact) mass is 319 g/mol. The Labute approximate surface area is 133 Å². The lowest BCUT2D eigenvalue weighted by Crippen LogP contribution is -2.19. The number of nitrogens with one attached hydrogen (secondary N) is 1. The van der Waals surface area contributed by atoms with Crippen LogP contribution >= 0.6 is 11.6 Å². The second-order valence-electron chi connectivity index (χ2n) is 5.37. The van der Waals surface area contributed by atoms with Gasteiger partial charge < -0.3 is 15.8 Å². The standard InChI is InChI=1S/C16H18ClN3O2/c17-10-5-6-12-14(9-10)20-13-4-2-1-3-11(13)15(12)19-7-8-22-16(18)21/h5-6,9H,1-4,7-8H2,(H2,18,21)(H,19,20). The molecule has 0 unspecified atom stereocenters. The van der Waals surface area contributed by atoms with Gasteiger partial charge >= 0.3 is 6.09 Å². The van der Waals surface area contributed by atoms with Gasteiger partial charge in [-0.2, -0.15) is 0 Å². The highest BCUT2D eigenvalue weighted by Gasteiger charge is 2.18. The number of nitrogens with two attached hydrogens (primary N) is 1. The number of nitrogens with zero attached hydrogens (tertiary/aromatic N) is 1. The first-order valence-electron chi connectivity index (χ1n) is 7.42. The Kier molecular flexibility index (Phi) is 4.34. The fraction of sp³-hybridized carbons (Fsp3) is 0.375. The first-order chi connectivity index (χ1) is 10.6. The molecule has 0 atom stereocenters. The Hall–Kier alpha value is -2.01. The zero-order valence-electron chi connectivity index (χ0n) is 12.2. The zero-order valence-corrected chi connectivity index (χ0v) is 12.9. The smallest absolute Gasteiger partial charge is 0.404 e. The fourth-order valence-electron chi connectivity index (χ4n) is 2.93. The fourth-order valence-corrected chi connectivity index (χ4v) is 3.09. The van der Waals surface area contributed by atoms with Gasteiger partial charge in [0.1, 0.15) is 6.61 Å². The summed E-state index contributed by atoms with van der Waals surface area (Å²) in [5, 5.41) is 5.10. The lowest BCUT2D eigenvalue weighted by Gasteiger charge is -2.21. The van der Waals surface area contributed by atoms with Gasteiger partial charge in [0.05, 0.1) is 5.52 Å². The maximum atomic E-state index is 10.6. The number of amides is 1. The van der Waals surface area contributed by atoms with Gasteiger partial charge in [-0.3, -0.25) is 4.98 Å². The number of aryl methyl sites for hydroxylation is 1. The Morgan fingerprint density at radius 2 is 2.18 bits per heavy atom. The van der Waals surface area contributed by atoms with Crippen molar-refractivity contribution in [2.24, 2.45) is 5.73 Å². The normalized spacial score (nSPS) is 13.7. The molecule has 0 aliphatic heterocycles. The number of rotatable bonds is 4. The average Bonchev–Trinajstić information content (AvgIpc) is 2.50. The summed E-state index contributed by atoms with van der Waals surface area (Å²) in [7, 11) is 0. The zero-order chi connectivity index (χ0) is 15.5. The van der Waals surface area contributed by atoms with Gasteiger partial charge in [-0.1, -0.05) is 11.6 Å². The number of carbonyl (C=O) groups is 1. The number of primary amides is 1. The summed E-state index contributed by atoms with van der Waals surface area (Å²) in [5.74, 6) is 0. The number of carbonyl (C=O) groups excluding carboxylic acids is 1. The third kappa shape index (κ3) is 3.09. The third-order valence-corrected chi connectivity index (χ3v) is 4.11. The number of anilines is 1. The van der Waals surface area contributed by atoms with E-state index in [1.165, 1.54) is 12.0 Å². The number of pyridine rings is 1. The van der Waals surface area contributed by atoms with Crippen molar-refractivity contribution < 1.29 is 9.53 Å². The molecule has 22 heavy (non-hydrogen) atoms. The largest absolute Gasteiger partial charge is 0.448 e. The van der Waals surface area contributed by atoms with E-state index in [1.807, 2.05) is 18.2 Å². The van der Waals surface area contributed by atoms with Crippen LogP contribution in [0.2, 0.25) is 5.02 Å². The molecule has 1 aromatic heterocycles. The molecule has 0 fully saturated rings. The molecule has 5 nitrogen and oxygen atoms in total. The van der Waals surface area contributed by atoms with Crippen LogP contribution in [0, 0.1) is 0 Å². The summed E-state index contributed by atoms with van der Waals surface area (Å²) < 4.78 is 4.78. The number of benzene rings is 1. The quantitative estimate of drug-likeness (QED) is 0.848. The first-order valence-corrected chi connectivity index (χ1v) is 7.80. The summed E-state index contributed by atoms with van der Waals surface area (Å²) in [5.41, 5.74) is 9.35. The second-order valence-corrected chi connectivity index (χ2v) is 5.81. The minimum atomic E-state index is -0.754. The van der Waals surface area contributed by atoms with Crippen molar-refractivity contribution in [1.29, 1.82) is 0 Å². The van der Waals surface area contributed by atoms with Gasteiger partial charge in [0, 0.05) is 28.3 Å². The number of hydrogen-bond donors (Lipinski definition) is 2. The molecule has 0 bridgehead atoms. The number of fused-ring (bicyclic) bond motifs is 2. The molecule has 3 N–H and O–H groups in total. The highest BCUT2D eigenvalue weighted by atomic mass is 35.5. The van der Waals surface area contributed by atoms with Crippen molar-refractivity contribution in [2.75, 3.05) is 18.5 Å². The predicted molar refractivity (Wildman–Crippen MR) is 87.4 cm³/mol. The Morgan fingerprint density at radius 3 is 3.00 bits per heavy atom. The highest BCUT2D eigenvalue weighted by molar-refractivity contribution is 6.31. The Morgan fingerprint density at radius 1 is 1.36 bits per heavy atom. The van der Waals surface area contributed by atoms with Gasteiger partial charge in [-0.05, 0) is 49.4 Å². The summed E-state index contributed by atoms with van der Waals surface area (Å²) in [4.78, 5) is 15.4. The third-order valence-electron chi connectivity index (χ3n) is 3.87. The summed E-state index contributed by atoms with van der Waals surface area (Å²) in [6, 6.07) is 5.74. The van der Waals surface area contributed by atoms with Gasteiger partial charge in [-0.15, -0.1) is 0 Å². The van der Waals surface area contributed by atoms with Crippen LogP contribution in [-0.2, 0) is 17.6 Å². The molecular weight excluding hydrogens is 302 g/mol. The van der Waals surface area contributed by atoms with Crippen molar-refractivity contribution in [3.8, 4) is 0 Å². The van der Waals surface area contributed by atoms with Gasteiger partial charge in [0.15, 0.2) is 0 Å². The van der Waals surface area contributed by atoms with E-state index >= 15 is 0 Å². The molecule has 0 radical (unpaired) electrons. The Bertz CT molecular complexity index is 718. The van der Waals surface area contributed by atoms with E-state index in [0.717, 1.165) is 41.5 Å². The minimum Gasteiger partial charge on any atom is -0.448 e. The van der Waals surface area contributed by atoms with Crippen LogP contribution in [0.15, 0.2) is 18.2 Å². The van der Waals surface area contributed by atoms with Crippen LogP contribution in [0.4, 0.5) is 10.5 Å². The maximum absolute atomic E-state index is 10.6. The van der Waals surface area contributed by atoms with E-state index in [2.05, 4.69) is 5.32 Å². The number of ether oxygens (including phenoxy) is 1. The number of halogens is 1. The number of aromatic nitrogens is 1. The van der Waals surface area contributed by atoms with Crippen molar-refractivity contribution in [1.82, 2.24) is 4.98 Å². The molecule has 1 aromatic carbocycles. The van der Waals surface area contributed by atoms with E-state index < -0.39 is 6.09 Å². The van der Waals surface area contributed by atoms with Gasteiger partial charge in [0.25, 0.3) is 0 Å². The molecule has 0 spiro atoms. The van der Waals surface area contributed by atoms with Crippen LogP contribution in [0.25, 0.3) is 10.9 Å². The van der Waals surface area contributed by atoms with Crippen LogP contribution in [0.5, 0.6) is 0 Å². The molecule has 6 heteroatoms. The molecule has 1 heterocycles. The van der Waals surface area contributed by atoms with E-state index in [9.17, 15) is 4.79 Å². The van der Waals surface area contributed by atoms with Gasteiger partial charge in [-0.25, -0.2) is 4.79 Å². The minimum absolute atomic E-state index is 0.238. The van der Waals surface area contributed by atoms with Crippen LogP contribution in [-0.4, -0.2) is 24.2 Å². The van der Waals surface area contributed by atoms with Crippen molar-refractivity contribution >= 4 is 34.3 Å². The molecule has 1 amide bonds. The van der Waals surface area contributed by atoms with Crippen molar-refractivity contribution in [3.63, 3.8) is 0 Å². The lowest BCUT2D eigenvalue weighted by molar-refractivity contribution is 0.161. The van der Waals surface area contributed by atoms with Crippen molar-refractivity contribution in [2.45, 2.75) is 25.7 Å². The molecule has 3 rings (SSSR count). The molecular formula is C16H18ClN3O2. The Balaban J connectivity index is 1.95. The van der Waals surface area contributed by atoms with Gasteiger partial charge in [0.2, 0.25) is 0 Å². The predicted octanol–water partition coefficient (Wildman–Crippen LogP) is 3.27. The second kappa shape index (κ2) is 6.40. The van der Waals surface area contributed by atoms with Crippen molar-refractivity contribution in [3.05, 3.63) is 34.5 Å². The topological polar surface area (TPSA) is 77.2 Å². The first kappa shape index (κ1) is 14.9. The van der Waals surface area contributed by atoms with Crippen LogP contribution < -0.4 is 11.1 Å². The summed E-state index contributed by atoms with van der Waals surface area (Å²) >= 11 is 6.08. The molecule has 2 aromatic rings. The SMILES string of the molecule is NC(=O)OCCNc1c2c(nc3cc(Cl)ccc13)CCCC2. The van der Waals surface area contributed by atoms with E-state index in [0.29, 0.717) is 11.6 Å². The molecule has 0 saturated heterocycles. The van der Waals surface area contributed by atoms with Crippen LogP contribution in [0.3, 0.4) is 0 Å². The molecule has 1 aliphatic rings. The van der Waals surface area contributed by atoms with Crippen LogP contribution in [0.1, 0.15) is 24.1 Å². The highest BCUT2D eigenvalue weighted by Crippen LogP contribution is 2.34. The molecule has 116 valence electrons. The van der Waals surface area contributed by atoms with E-state index in [4.69, 9.17) is 27.1 Å². The summed E-state index contributed by atoms with van der Waals surface area (Å²) in [6.07, 6.45) is 3.58. The molecule has 0 saturated carbocycles. The average molecular weight is 320 g/mol. The molecule has 1 aliphatic carbocycles.